The monoisotopic (exact) mass is 350 g/mol. The van der Waals surface area contributed by atoms with Crippen LogP contribution in [0.15, 0.2) is 47.8 Å². The molecule has 3 rings (SSSR count). The lowest BCUT2D eigenvalue weighted by molar-refractivity contribution is 0.0954. The Balaban J connectivity index is 1.55. The average Bonchev–Trinajstić information content (AvgIpc) is 3.04. The fourth-order valence-electron chi connectivity index (χ4n) is 2.64. The molecule has 0 saturated carbocycles. The van der Waals surface area contributed by atoms with Gasteiger partial charge in [-0.25, -0.2) is 4.98 Å². The lowest BCUT2D eigenvalue weighted by atomic mass is 10.1. The summed E-state index contributed by atoms with van der Waals surface area (Å²) in [5.41, 5.74) is 6.42. The van der Waals surface area contributed by atoms with Crippen molar-refractivity contribution >= 4 is 17.2 Å². The number of benzene rings is 2. The highest BCUT2D eigenvalue weighted by atomic mass is 32.1. The molecule has 2 aromatic carbocycles. The van der Waals surface area contributed by atoms with Crippen molar-refractivity contribution in [2.75, 3.05) is 6.54 Å². The van der Waals surface area contributed by atoms with Crippen LogP contribution in [0, 0.1) is 20.8 Å². The Morgan fingerprint density at radius 3 is 2.44 bits per heavy atom. The minimum Gasteiger partial charge on any atom is -0.352 e. The maximum atomic E-state index is 12.2. The summed E-state index contributed by atoms with van der Waals surface area (Å²) in [5, 5.41) is 6.15. The lowest BCUT2D eigenvalue weighted by Crippen LogP contribution is -2.25. The second kappa shape index (κ2) is 7.62. The molecule has 4 heteroatoms. The molecule has 1 heterocycles. The van der Waals surface area contributed by atoms with Crippen molar-refractivity contribution in [3.05, 3.63) is 75.1 Å². The number of thiazole rings is 1. The molecule has 1 N–H and O–H groups in total. The van der Waals surface area contributed by atoms with Gasteiger partial charge in [-0.3, -0.25) is 4.79 Å². The third kappa shape index (κ3) is 4.34. The Bertz CT molecular complexity index is 881. The standard InChI is InChI=1S/C21H22N2OS/c1-14-4-7-19(12-15(14)2)21(24)22-11-10-17-5-8-18(9-6-17)20-13-25-16(3)23-20/h4-9,12-13H,10-11H2,1-3H3,(H,22,24). The largest absolute Gasteiger partial charge is 0.352 e. The molecule has 25 heavy (non-hydrogen) atoms. The van der Waals surface area contributed by atoms with Gasteiger partial charge < -0.3 is 5.32 Å². The summed E-state index contributed by atoms with van der Waals surface area (Å²) < 4.78 is 0. The molecule has 0 spiro atoms. The summed E-state index contributed by atoms with van der Waals surface area (Å²) in [6, 6.07) is 14.2. The minimum atomic E-state index is -0.0160. The Kier molecular flexibility index (Phi) is 5.29. The molecule has 3 nitrogen and oxygen atoms in total. The zero-order chi connectivity index (χ0) is 17.8. The van der Waals surface area contributed by atoms with Gasteiger partial charge in [0.1, 0.15) is 0 Å². The molecule has 0 saturated heterocycles. The first-order valence-electron chi connectivity index (χ1n) is 8.40. The van der Waals surface area contributed by atoms with Crippen LogP contribution in [-0.2, 0) is 6.42 Å². The molecule has 0 aliphatic rings. The van der Waals surface area contributed by atoms with Gasteiger partial charge in [0.15, 0.2) is 0 Å². The lowest BCUT2D eigenvalue weighted by Gasteiger charge is -2.08. The van der Waals surface area contributed by atoms with E-state index in [9.17, 15) is 4.79 Å². The quantitative estimate of drug-likeness (QED) is 0.724. The van der Waals surface area contributed by atoms with Crippen molar-refractivity contribution in [2.24, 2.45) is 0 Å². The predicted molar refractivity (Wildman–Crippen MR) is 104 cm³/mol. The number of nitrogens with zero attached hydrogens (tertiary/aromatic N) is 1. The number of rotatable bonds is 5. The molecule has 0 aliphatic carbocycles. The molecule has 0 atom stereocenters. The van der Waals surface area contributed by atoms with Crippen LogP contribution in [0.2, 0.25) is 0 Å². The summed E-state index contributed by atoms with van der Waals surface area (Å²) in [5.74, 6) is -0.0160. The zero-order valence-corrected chi connectivity index (χ0v) is 15.6. The normalized spacial score (nSPS) is 10.7. The molecule has 0 aliphatic heterocycles. The molecule has 128 valence electrons. The molecule has 3 aromatic rings. The van der Waals surface area contributed by atoms with Crippen LogP contribution < -0.4 is 5.32 Å². The van der Waals surface area contributed by atoms with Crippen LogP contribution >= 0.6 is 11.3 Å². The van der Waals surface area contributed by atoms with Gasteiger partial charge in [-0.1, -0.05) is 30.3 Å². The first kappa shape index (κ1) is 17.4. The van der Waals surface area contributed by atoms with Crippen molar-refractivity contribution in [3.8, 4) is 11.3 Å². The van der Waals surface area contributed by atoms with E-state index in [1.165, 1.54) is 11.1 Å². The Hall–Kier alpha value is -2.46. The second-order valence-corrected chi connectivity index (χ2v) is 7.32. The number of carbonyl (C=O) groups is 1. The van der Waals surface area contributed by atoms with Crippen LogP contribution in [0.5, 0.6) is 0 Å². The van der Waals surface area contributed by atoms with Crippen molar-refractivity contribution in [1.82, 2.24) is 10.3 Å². The summed E-state index contributed by atoms with van der Waals surface area (Å²) >= 11 is 1.66. The molecule has 0 fully saturated rings. The van der Waals surface area contributed by atoms with E-state index in [2.05, 4.69) is 39.9 Å². The van der Waals surface area contributed by atoms with E-state index in [1.807, 2.05) is 39.0 Å². The summed E-state index contributed by atoms with van der Waals surface area (Å²) in [6.45, 7) is 6.72. The highest BCUT2D eigenvalue weighted by Gasteiger charge is 2.06. The van der Waals surface area contributed by atoms with E-state index < -0.39 is 0 Å². The number of aryl methyl sites for hydroxylation is 3. The molecular weight excluding hydrogens is 328 g/mol. The number of hydrogen-bond donors (Lipinski definition) is 1. The maximum Gasteiger partial charge on any atom is 0.251 e. The van der Waals surface area contributed by atoms with Gasteiger partial charge >= 0.3 is 0 Å². The first-order chi connectivity index (χ1) is 12.0. The molecule has 0 radical (unpaired) electrons. The SMILES string of the molecule is Cc1nc(-c2ccc(CCNC(=O)c3ccc(C)c(C)c3)cc2)cs1. The highest BCUT2D eigenvalue weighted by molar-refractivity contribution is 7.09. The van der Waals surface area contributed by atoms with Crippen molar-refractivity contribution in [3.63, 3.8) is 0 Å². The van der Waals surface area contributed by atoms with Gasteiger partial charge in [0, 0.05) is 23.1 Å². The van der Waals surface area contributed by atoms with E-state index in [-0.39, 0.29) is 5.91 Å². The molecule has 1 aromatic heterocycles. The van der Waals surface area contributed by atoms with Crippen LogP contribution in [0.1, 0.15) is 32.1 Å². The van der Waals surface area contributed by atoms with Gasteiger partial charge in [0.2, 0.25) is 0 Å². The predicted octanol–water partition coefficient (Wildman–Crippen LogP) is 4.71. The number of carbonyl (C=O) groups excluding carboxylic acids is 1. The Labute approximate surface area is 152 Å². The average molecular weight is 350 g/mol. The van der Waals surface area contributed by atoms with Gasteiger partial charge in [-0.15, -0.1) is 11.3 Å². The first-order valence-corrected chi connectivity index (χ1v) is 9.28. The van der Waals surface area contributed by atoms with Gasteiger partial charge in [-0.2, -0.15) is 0 Å². The van der Waals surface area contributed by atoms with Gasteiger partial charge in [0.25, 0.3) is 5.91 Å². The van der Waals surface area contributed by atoms with Gasteiger partial charge in [0.05, 0.1) is 10.7 Å². The number of nitrogens with one attached hydrogen (secondary N) is 1. The molecular formula is C21H22N2OS. The van der Waals surface area contributed by atoms with Gasteiger partial charge in [-0.05, 0) is 56.0 Å². The highest BCUT2D eigenvalue weighted by Crippen LogP contribution is 2.21. The van der Waals surface area contributed by atoms with Crippen molar-refractivity contribution in [1.29, 1.82) is 0 Å². The zero-order valence-electron chi connectivity index (χ0n) is 14.8. The second-order valence-electron chi connectivity index (χ2n) is 6.25. The number of aromatic nitrogens is 1. The van der Waals surface area contributed by atoms with E-state index in [4.69, 9.17) is 0 Å². The molecule has 0 bridgehead atoms. The summed E-state index contributed by atoms with van der Waals surface area (Å²) in [7, 11) is 0. The fraction of sp³-hybridized carbons (Fsp3) is 0.238. The number of hydrogen-bond acceptors (Lipinski definition) is 3. The minimum absolute atomic E-state index is 0.0160. The van der Waals surface area contributed by atoms with Crippen molar-refractivity contribution in [2.45, 2.75) is 27.2 Å². The Morgan fingerprint density at radius 2 is 1.80 bits per heavy atom. The topological polar surface area (TPSA) is 42.0 Å². The third-order valence-corrected chi connectivity index (χ3v) is 5.11. The molecule has 1 amide bonds. The van der Waals surface area contributed by atoms with E-state index in [0.717, 1.165) is 33.8 Å². The fourth-order valence-corrected chi connectivity index (χ4v) is 3.27. The van der Waals surface area contributed by atoms with Crippen molar-refractivity contribution < 1.29 is 4.79 Å². The summed E-state index contributed by atoms with van der Waals surface area (Å²) in [4.78, 5) is 16.7. The van der Waals surface area contributed by atoms with E-state index in [0.29, 0.717) is 6.54 Å². The smallest absolute Gasteiger partial charge is 0.251 e. The Morgan fingerprint density at radius 1 is 1.04 bits per heavy atom. The van der Waals surface area contributed by atoms with E-state index in [1.54, 1.807) is 11.3 Å². The summed E-state index contributed by atoms with van der Waals surface area (Å²) in [6.07, 6.45) is 0.812. The van der Waals surface area contributed by atoms with Crippen LogP contribution in [0.25, 0.3) is 11.3 Å². The van der Waals surface area contributed by atoms with Crippen LogP contribution in [0.3, 0.4) is 0 Å². The third-order valence-electron chi connectivity index (χ3n) is 4.34. The molecule has 0 unspecified atom stereocenters. The van der Waals surface area contributed by atoms with Crippen LogP contribution in [-0.4, -0.2) is 17.4 Å². The number of amides is 1. The maximum absolute atomic E-state index is 12.2. The van der Waals surface area contributed by atoms with Crippen LogP contribution in [0.4, 0.5) is 0 Å². The van der Waals surface area contributed by atoms with E-state index >= 15 is 0 Å².